The van der Waals surface area contributed by atoms with E-state index in [-0.39, 0.29) is 17.2 Å². The first kappa shape index (κ1) is 24.1. The Morgan fingerprint density at radius 2 is 1.80 bits per heavy atom. The summed E-state index contributed by atoms with van der Waals surface area (Å²) >= 11 is 11.9. The van der Waals surface area contributed by atoms with Gasteiger partial charge in [0.25, 0.3) is 5.91 Å². The largest absolute Gasteiger partial charge is 0.454 e. The van der Waals surface area contributed by atoms with Crippen molar-refractivity contribution < 1.29 is 14.0 Å². The van der Waals surface area contributed by atoms with Crippen LogP contribution in [0.3, 0.4) is 0 Å². The Kier molecular flexibility index (Phi) is 6.49. The number of carbonyl (C=O) groups excluding carboxylic acids is 2. The molecule has 0 spiro atoms. The van der Waals surface area contributed by atoms with E-state index in [2.05, 4.69) is 0 Å². The number of carbonyl (C=O) groups is 2. The number of hydrogen-bond acceptors (Lipinski definition) is 4. The minimum absolute atomic E-state index is 0.116. The molecule has 0 N–H and O–H groups in total. The van der Waals surface area contributed by atoms with E-state index < -0.39 is 0 Å². The number of thiocarbonyl (C=S) groups is 1. The second-order valence-electron chi connectivity index (χ2n) is 9.71. The average Bonchev–Trinajstić information content (AvgIpc) is 3.47. The number of nitrogens with zero attached hydrogens (tertiary/aromatic N) is 3. The first-order valence-electron chi connectivity index (χ1n) is 12.4. The zero-order chi connectivity index (χ0) is 24.7. The van der Waals surface area contributed by atoms with Gasteiger partial charge in [-0.05, 0) is 68.6 Å². The zero-order valence-corrected chi connectivity index (χ0v) is 21.8. The summed E-state index contributed by atoms with van der Waals surface area (Å²) in [4.78, 5) is 30.2. The third-order valence-corrected chi connectivity index (χ3v) is 8.21. The van der Waals surface area contributed by atoms with Crippen molar-refractivity contribution in [1.29, 1.82) is 0 Å². The molecule has 0 bridgehead atoms. The molecule has 1 saturated carbocycles. The molecule has 3 aromatic rings. The molecule has 1 aliphatic heterocycles. The van der Waals surface area contributed by atoms with E-state index in [1.54, 1.807) is 11.0 Å². The molecule has 6 nitrogen and oxygen atoms in total. The number of aromatic nitrogens is 1. The lowest BCUT2D eigenvalue weighted by Crippen LogP contribution is -2.45. The minimum Gasteiger partial charge on any atom is -0.454 e. The second-order valence-corrected chi connectivity index (χ2v) is 10.5. The van der Waals surface area contributed by atoms with E-state index in [0.717, 1.165) is 36.8 Å². The SMILES string of the molecule is CCN(CC)C(=O)CC1(CN2C(=O)c3cc4oc(-c5ccc(Cl)cc5)cc4n3C2=S)CCCCC1. The van der Waals surface area contributed by atoms with Crippen molar-refractivity contribution in [3.05, 3.63) is 47.1 Å². The van der Waals surface area contributed by atoms with Crippen LogP contribution < -0.4 is 0 Å². The molecule has 5 rings (SSSR count). The molecule has 1 aliphatic carbocycles. The fourth-order valence-corrected chi connectivity index (χ4v) is 6.10. The Morgan fingerprint density at radius 1 is 1.11 bits per heavy atom. The van der Waals surface area contributed by atoms with E-state index in [1.165, 1.54) is 6.42 Å². The third kappa shape index (κ3) is 4.29. The molecule has 35 heavy (non-hydrogen) atoms. The van der Waals surface area contributed by atoms with Crippen LogP contribution in [0.15, 0.2) is 40.8 Å². The van der Waals surface area contributed by atoms with Crippen LogP contribution in [0.25, 0.3) is 22.4 Å². The molecule has 0 radical (unpaired) electrons. The fraction of sp³-hybridized carbons (Fsp3) is 0.444. The van der Waals surface area contributed by atoms with Crippen LogP contribution in [0.5, 0.6) is 0 Å². The predicted molar refractivity (Wildman–Crippen MR) is 142 cm³/mol. The van der Waals surface area contributed by atoms with Gasteiger partial charge in [0, 0.05) is 48.8 Å². The highest BCUT2D eigenvalue weighted by Crippen LogP contribution is 2.42. The van der Waals surface area contributed by atoms with Gasteiger partial charge in [0.15, 0.2) is 10.7 Å². The van der Waals surface area contributed by atoms with Crippen molar-refractivity contribution in [1.82, 2.24) is 14.4 Å². The highest BCUT2D eigenvalue weighted by Gasteiger charge is 2.43. The normalized spacial score (nSPS) is 17.3. The molecule has 0 atom stereocenters. The van der Waals surface area contributed by atoms with Crippen LogP contribution in [0.4, 0.5) is 0 Å². The monoisotopic (exact) mass is 511 g/mol. The van der Waals surface area contributed by atoms with Crippen molar-refractivity contribution >= 4 is 51.8 Å². The number of halogens is 1. The van der Waals surface area contributed by atoms with Crippen LogP contribution in [0.1, 0.15) is 62.9 Å². The first-order chi connectivity index (χ1) is 16.9. The van der Waals surface area contributed by atoms with Crippen LogP contribution in [0, 0.1) is 5.41 Å². The average molecular weight is 512 g/mol. The first-order valence-corrected chi connectivity index (χ1v) is 13.2. The number of amides is 2. The van der Waals surface area contributed by atoms with Gasteiger partial charge in [-0.2, -0.15) is 0 Å². The number of furan rings is 1. The molecule has 2 aliphatic rings. The smallest absolute Gasteiger partial charge is 0.277 e. The van der Waals surface area contributed by atoms with Gasteiger partial charge >= 0.3 is 0 Å². The molecule has 3 heterocycles. The number of benzene rings is 1. The van der Waals surface area contributed by atoms with E-state index in [0.29, 0.717) is 53.2 Å². The quantitative estimate of drug-likeness (QED) is 0.347. The zero-order valence-electron chi connectivity index (χ0n) is 20.2. The van der Waals surface area contributed by atoms with Gasteiger partial charge in [-0.1, -0.05) is 30.9 Å². The lowest BCUT2D eigenvalue weighted by atomic mass is 9.71. The predicted octanol–water partition coefficient (Wildman–Crippen LogP) is 6.35. The highest BCUT2D eigenvalue weighted by atomic mass is 35.5. The van der Waals surface area contributed by atoms with E-state index in [9.17, 15) is 9.59 Å². The molecule has 2 amide bonds. The maximum Gasteiger partial charge on any atom is 0.277 e. The van der Waals surface area contributed by atoms with Crippen molar-refractivity contribution in [3.8, 4) is 11.3 Å². The highest BCUT2D eigenvalue weighted by molar-refractivity contribution is 7.80. The molecule has 0 unspecified atom stereocenters. The van der Waals surface area contributed by atoms with Gasteiger partial charge in [0.1, 0.15) is 11.5 Å². The Balaban J connectivity index is 1.43. The minimum atomic E-state index is -0.244. The Labute approximate surface area is 215 Å². The summed E-state index contributed by atoms with van der Waals surface area (Å²) in [5, 5.41) is 1.12. The van der Waals surface area contributed by atoms with Crippen molar-refractivity contribution in [2.24, 2.45) is 5.41 Å². The summed E-state index contributed by atoms with van der Waals surface area (Å²) in [5.74, 6) is 0.748. The molecule has 1 fully saturated rings. The summed E-state index contributed by atoms with van der Waals surface area (Å²) in [5.41, 5.74) is 2.59. The summed E-state index contributed by atoms with van der Waals surface area (Å²) < 4.78 is 7.87. The van der Waals surface area contributed by atoms with Crippen molar-refractivity contribution in [3.63, 3.8) is 0 Å². The summed E-state index contributed by atoms with van der Waals surface area (Å²) in [7, 11) is 0. The molecule has 184 valence electrons. The fourth-order valence-electron chi connectivity index (χ4n) is 5.63. The van der Waals surface area contributed by atoms with E-state index in [4.69, 9.17) is 28.2 Å². The lowest BCUT2D eigenvalue weighted by Gasteiger charge is -2.40. The van der Waals surface area contributed by atoms with Crippen molar-refractivity contribution in [2.75, 3.05) is 19.6 Å². The van der Waals surface area contributed by atoms with E-state index >= 15 is 0 Å². The Bertz CT molecular complexity index is 1280. The van der Waals surface area contributed by atoms with Crippen LogP contribution >= 0.6 is 23.8 Å². The number of fused-ring (bicyclic) bond motifs is 3. The number of hydrogen-bond donors (Lipinski definition) is 0. The lowest BCUT2D eigenvalue weighted by molar-refractivity contribution is -0.134. The summed E-state index contributed by atoms with van der Waals surface area (Å²) in [6.07, 6.45) is 5.64. The maximum absolute atomic E-state index is 13.5. The molecule has 2 aromatic heterocycles. The third-order valence-electron chi connectivity index (χ3n) is 7.56. The maximum atomic E-state index is 13.5. The molecule has 8 heteroatoms. The summed E-state index contributed by atoms with van der Waals surface area (Å²) in [6.45, 7) is 5.90. The summed E-state index contributed by atoms with van der Waals surface area (Å²) in [6, 6.07) is 11.1. The van der Waals surface area contributed by atoms with E-state index in [1.807, 2.05) is 53.6 Å². The Hall–Kier alpha value is -2.64. The standard InChI is InChI=1S/C27H30ClN3O3S/c1-3-29(4-2)24(32)16-27(12-6-5-7-13-27)17-30-25(33)21-15-23-20(31(21)26(30)35)14-22(34-23)18-8-10-19(28)11-9-18/h8-11,14-15H,3-7,12-13,16-17H2,1-2H3. The van der Waals surface area contributed by atoms with Gasteiger partial charge in [-0.15, -0.1) is 0 Å². The Morgan fingerprint density at radius 3 is 2.46 bits per heavy atom. The number of rotatable bonds is 7. The van der Waals surface area contributed by atoms with Gasteiger partial charge in [-0.3, -0.25) is 19.1 Å². The van der Waals surface area contributed by atoms with Crippen LogP contribution in [0.2, 0.25) is 5.02 Å². The van der Waals surface area contributed by atoms with Gasteiger partial charge in [-0.25, -0.2) is 0 Å². The molecular formula is C27H30ClN3O3S. The topological polar surface area (TPSA) is 58.7 Å². The molecule has 1 aromatic carbocycles. The van der Waals surface area contributed by atoms with Crippen LogP contribution in [-0.4, -0.2) is 50.9 Å². The van der Waals surface area contributed by atoms with Gasteiger partial charge in [0.05, 0.1) is 5.52 Å². The van der Waals surface area contributed by atoms with Gasteiger partial charge < -0.3 is 9.32 Å². The van der Waals surface area contributed by atoms with Gasteiger partial charge in [0.2, 0.25) is 5.91 Å². The van der Waals surface area contributed by atoms with Crippen LogP contribution in [-0.2, 0) is 4.79 Å². The van der Waals surface area contributed by atoms with Crippen molar-refractivity contribution in [2.45, 2.75) is 52.4 Å². The molecular weight excluding hydrogens is 482 g/mol. The molecule has 0 saturated heterocycles. The second kappa shape index (κ2) is 9.43.